The molecule has 0 spiro atoms. The lowest BCUT2D eigenvalue weighted by molar-refractivity contribution is -0.137. The van der Waals surface area contributed by atoms with Crippen molar-refractivity contribution < 1.29 is 15.0 Å². The summed E-state index contributed by atoms with van der Waals surface area (Å²) in [6, 6.07) is 7.24. The first-order chi connectivity index (χ1) is 8.56. The zero-order valence-corrected chi connectivity index (χ0v) is 9.82. The predicted molar refractivity (Wildman–Crippen MR) is 63.7 cm³/mol. The van der Waals surface area contributed by atoms with Crippen molar-refractivity contribution in [2.75, 3.05) is 0 Å². The molecule has 0 aliphatic rings. The number of aromatic nitrogens is 3. The molecule has 2 N–H and O–H groups in total. The smallest absolute Gasteiger partial charge is 0.325 e. The first-order valence-corrected chi connectivity index (χ1v) is 5.46. The number of aliphatic carboxylic acids is 1. The molecule has 2 aromatic rings. The molecule has 0 saturated carbocycles. The van der Waals surface area contributed by atoms with Crippen LogP contribution in [0.3, 0.4) is 0 Å². The number of benzene rings is 1. The van der Waals surface area contributed by atoms with Crippen LogP contribution in [-0.2, 0) is 11.3 Å². The summed E-state index contributed by atoms with van der Waals surface area (Å²) >= 11 is 0. The quantitative estimate of drug-likeness (QED) is 0.844. The molecular formula is C12H13N3O3. The molecule has 6 nitrogen and oxygen atoms in total. The van der Waals surface area contributed by atoms with Gasteiger partial charge in [-0.1, -0.05) is 29.5 Å². The largest absolute Gasteiger partial charge is 0.480 e. The van der Waals surface area contributed by atoms with E-state index in [-0.39, 0.29) is 6.54 Å². The Hall–Kier alpha value is -2.21. The number of aliphatic hydroxyl groups is 1. The van der Waals surface area contributed by atoms with Gasteiger partial charge in [0.25, 0.3) is 0 Å². The van der Waals surface area contributed by atoms with Gasteiger partial charge < -0.3 is 10.2 Å². The van der Waals surface area contributed by atoms with Crippen molar-refractivity contribution in [3.05, 3.63) is 36.0 Å². The highest BCUT2D eigenvalue weighted by Gasteiger charge is 2.07. The minimum atomic E-state index is -0.962. The lowest BCUT2D eigenvalue weighted by Crippen LogP contribution is -2.08. The molecule has 1 aromatic carbocycles. The van der Waals surface area contributed by atoms with Crippen LogP contribution in [0.15, 0.2) is 30.5 Å². The Morgan fingerprint density at radius 3 is 2.61 bits per heavy atom. The van der Waals surface area contributed by atoms with Crippen molar-refractivity contribution in [2.45, 2.75) is 19.6 Å². The van der Waals surface area contributed by atoms with E-state index < -0.39 is 12.1 Å². The van der Waals surface area contributed by atoms with Crippen molar-refractivity contribution in [3.63, 3.8) is 0 Å². The third-order valence-corrected chi connectivity index (χ3v) is 2.52. The summed E-state index contributed by atoms with van der Waals surface area (Å²) in [5.74, 6) is -0.962. The molecular weight excluding hydrogens is 234 g/mol. The Morgan fingerprint density at radius 1 is 1.39 bits per heavy atom. The van der Waals surface area contributed by atoms with Gasteiger partial charge in [-0.05, 0) is 12.5 Å². The van der Waals surface area contributed by atoms with Gasteiger partial charge >= 0.3 is 5.97 Å². The van der Waals surface area contributed by atoms with Crippen LogP contribution in [-0.4, -0.2) is 31.2 Å². The highest BCUT2D eigenvalue weighted by atomic mass is 16.4. The summed E-state index contributed by atoms with van der Waals surface area (Å²) in [6.07, 6.45) is 1.06. The van der Waals surface area contributed by atoms with Crippen LogP contribution in [0.5, 0.6) is 0 Å². The van der Waals surface area contributed by atoms with E-state index in [0.29, 0.717) is 5.69 Å². The molecule has 0 aliphatic carbocycles. The number of hydrogen-bond donors (Lipinski definition) is 2. The van der Waals surface area contributed by atoms with Crippen LogP contribution in [0.25, 0.3) is 11.3 Å². The predicted octanol–water partition coefficient (Wildman–Crippen LogP) is 1.08. The molecule has 0 aliphatic heterocycles. The molecule has 0 fully saturated rings. The van der Waals surface area contributed by atoms with Gasteiger partial charge in [-0.15, -0.1) is 5.10 Å². The van der Waals surface area contributed by atoms with Gasteiger partial charge in [0, 0.05) is 5.56 Å². The maximum Gasteiger partial charge on any atom is 0.325 e. The lowest BCUT2D eigenvalue weighted by atomic mass is 10.1. The first kappa shape index (κ1) is 12.3. The average Bonchev–Trinajstić information content (AvgIpc) is 2.76. The van der Waals surface area contributed by atoms with Crippen molar-refractivity contribution in [2.24, 2.45) is 0 Å². The molecule has 0 bridgehead atoms. The van der Waals surface area contributed by atoms with E-state index in [0.717, 1.165) is 11.1 Å². The van der Waals surface area contributed by atoms with Crippen molar-refractivity contribution in [3.8, 4) is 11.3 Å². The molecule has 6 heteroatoms. The molecule has 0 saturated heterocycles. The summed E-state index contributed by atoms with van der Waals surface area (Å²) in [7, 11) is 0. The Bertz CT molecular complexity index is 546. The number of carboxylic acid groups (broad SMARTS) is 1. The van der Waals surface area contributed by atoms with E-state index in [1.54, 1.807) is 25.3 Å². The van der Waals surface area contributed by atoms with Gasteiger partial charge in [0.15, 0.2) is 0 Å². The standard InChI is InChI=1S/C12H13N3O3/c1-8(16)9-2-4-10(5-3-9)11-6-15(14-13-11)7-12(17)18/h2-6,8,16H,7H2,1H3,(H,17,18)/t8-/m0/s1. The minimum Gasteiger partial charge on any atom is -0.480 e. The number of carboxylic acids is 1. The first-order valence-electron chi connectivity index (χ1n) is 5.46. The second-order valence-corrected chi connectivity index (χ2v) is 3.99. The molecule has 1 atom stereocenters. The molecule has 94 valence electrons. The molecule has 0 radical (unpaired) electrons. The van der Waals surface area contributed by atoms with Crippen molar-refractivity contribution in [1.82, 2.24) is 15.0 Å². The van der Waals surface area contributed by atoms with Gasteiger partial charge in [0.1, 0.15) is 12.2 Å². The number of nitrogens with zero attached hydrogens (tertiary/aromatic N) is 3. The Kier molecular flexibility index (Phi) is 3.38. The van der Waals surface area contributed by atoms with E-state index in [9.17, 15) is 9.90 Å². The second kappa shape index (κ2) is 4.97. The van der Waals surface area contributed by atoms with Gasteiger partial charge in [-0.2, -0.15) is 0 Å². The minimum absolute atomic E-state index is 0.210. The fraction of sp³-hybridized carbons (Fsp3) is 0.250. The third-order valence-electron chi connectivity index (χ3n) is 2.52. The van der Waals surface area contributed by atoms with Gasteiger partial charge in [0.05, 0.1) is 12.3 Å². The van der Waals surface area contributed by atoms with Crippen molar-refractivity contribution >= 4 is 5.97 Å². The van der Waals surface area contributed by atoms with Crippen LogP contribution in [0.2, 0.25) is 0 Å². The van der Waals surface area contributed by atoms with E-state index in [4.69, 9.17) is 5.11 Å². The van der Waals surface area contributed by atoms with E-state index in [1.807, 2.05) is 12.1 Å². The maximum absolute atomic E-state index is 10.5. The Balaban J connectivity index is 2.20. The second-order valence-electron chi connectivity index (χ2n) is 3.99. The molecule has 1 aromatic heterocycles. The topological polar surface area (TPSA) is 88.2 Å². The van der Waals surface area contributed by atoms with Gasteiger partial charge in [-0.25, -0.2) is 4.68 Å². The van der Waals surface area contributed by atoms with E-state index >= 15 is 0 Å². The SMILES string of the molecule is C[C@H](O)c1ccc(-c2cn(CC(=O)O)nn2)cc1. The molecule has 18 heavy (non-hydrogen) atoms. The summed E-state index contributed by atoms with van der Waals surface area (Å²) in [5.41, 5.74) is 2.25. The summed E-state index contributed by atoms with van der Waals surface area (Å²) in [6.45, 7) is 1.48. The van der Waals surface area contributed by atoms with Crippen LogP contribution in [0.1, 0.15) is 18.6 Å². The van der Waals surface area contributed by atoms with Crippen molar-refractivity contribution in [1.29, 1.82) is 0 Å². The number of rotatable bonds is 4. The van der Waals surface area contributed by atoms with E-state index in [1.165, 1.54) is 4.68 Å². The highest BCUT2D eigenvalue weighted by Crippen LogP contribution is 2.19. The fourth-order valence-corrected chi connectivity index (χ4v) is 1.58. The lowest BCUT2D eigenvalue weighted by Gasteiger charge is -2.04. The van der Waals surface area contributed by atoms with Crippen LogP contribution >= 0.6 is 0 Å². The van der Waals surface area contributed by atoms with E-state index in [2.05, 4.69) is 10.3 Å². The molecule has 0 amide bonds. The monoisotopic (exact) mass is 247 g/mol. The summed E-state index contributed by atoms with van der Waals surface area (Å²) in [4.78, 5) is 10.5. The zero-order chi connectivity index (χ0) is 13.1. The highest BCUT2D eigenvalue weighted by molar-refractivity contribution is 5.66. The number of aliphatic hydroxyl groups excluding tert-OH is 1. The fourth-order valence-electron chi connectivity index (χ4n) is 1.58. The Morgan fingerprint density at radius 2 is 2.06 bits per heavy atom. The molecule has 1 heterocycles. The maximum atomic E-state index is 10.5. The van der Waals surface area contributed by atoms with Crippen LogP contribution in [0.4, 0.5) is 0 Å². The van der Waals surface area contributed by atoms with Gasteiger partial charge in [-0.3, -0.25) is 4.79 Å². The molecule has 0 unspecified atom stereocenters. The number of carbonyl (C=O) groups is 1. The van der Waals surface area contributed by atoms with Crippen LogP contribution in [0, 0.1) is 0 Å². The Labute approximate surface area is 103 Å². The average molecular weight is 247 g/mol. The summed E-state index contributed by atoms with van der Waals surface area (Å²) < 4.78 is 1.26. The summed E-state index contributed by atoms with van der Waals surface area (Å²) in [5, 5.41) is 25.6. The van der Waals surface area contributed by atoms with Crippen LogP contribution < -0.4 is 0 Å². The third kappa shape index (κ3) is 2.72. The zero-order valence-electron chi connectivity index (χ0n) is 9.82. The van der Waals surface area contributed by atoms with Gasteiger partial charge in [0.2, 0.25) is 0 Å². The normalized spacial score (nSPS) is 12.3. The number of hydrogen-bond acceptors (Lipinski definition) is 4. The molecule has 2 rings (SSSR count).